The first-order valence-corrected chi connectivity index (χ1v) is 11.3. The zero-order valence-corrected chi connectivity index (χ0v) is 18.8. The normalized spacial score (nSPS) is 39.0. The molecule has 0 spiro atoms. The quantitative estimate of drug-likeness (QED) is 0.687. The van der Waals surface area contributed by atoms with Crippen LogP contribution in [0, 0.1) is 17.3 Å². The Morgan fingerprint density at radius 3 is 2.28 bits per heavy atom. The molecule has 2 unspecified atom stereocenters. The predicted octanol–water partition coefficient (Wildman–Crippen LogP) is 4.90. The van der Waals surface area contributed by atoms with E-state index in [0.717, 1.165) is 50.6 Å². The number of rotatable bonds is 6. The average Bonchev–Trinajstić information content (AvgIpc) is 2.93. The van der Waals surface area contributed by atoms with Crippen molar-refractivity contribution in [2.75, 3.05) is 27.4 Å². The number of ether oxygens (including phenoxy) is 3. The van der Waals surface area contributed by atoms with Crippen molar-refractivity contribution in [1.82, 2.24) is 0 Å². The highest BCUT2D eigenvalue weighted by molar-refractivity contribution is 5.43. The number of methoxy groups -OCH3 is 2. The van der Waals surface area contributed by atoms with E-state index in [1.54, 1.807) is 14.2 Å². The van der Waals surface area contributed by atoms with Gasteiger partial charge in [0.15, 0.2) is 0 Å². The lowest BCUT2D eigenvalue weighted by molar-refractivity contribution is -0.196. The van der Waals surface area contributed by atoms with Crippen LogP contribution in [-0.2, 0) is 14.2 Å². The summed E-state index contributed by atoms with van der Waals surface area (Å²) in [6, 6.07) is 0. The topological polar surface area (TPSA) is 53.7 Å². The Hall–Kier alpha value is -1.10. The molecule has 0 aromatic carbocycles. The summed E-state index contributed by atoms with van der Waals surface area (Å²) in [6.07, 6.45) is 15.9. The molecule has 4 rings (SSSR count). The SMILES string of the molecule is COC[C@@]12CC[C@@](COC)(CC(C3C=CC(N)=C(C4=CCC(C)(C)CC4)C3)C1)O2. The maximum Gasteiger partial charge on any atom is 0.0927 e. The van der Waals surface area contributed by atoms with E-state index in [1.165, 1.54) is 17.6 Å². The van der Waals surface area contributed by atoms with Gasteiger partial charge in [0.1, 0.15) is 0 Å². The fourth-order valence-corrected chi connectivity index (χ4v) is 6.22. The molecule has 2 aliphatic heterocycles. The first-order valence-electron chi connectivity index (χ1n) is 11.3. The van der Waals surface area contributed by atoms with Gasteiger partial charge in [0.05, 0.1) is 24.4 Å². The highest BCUT2D eigenvalue weighted by Gasteiger charge is 2.56. The summed E-state index contributed by atoms with van der Waals surface area (Å²) < 4.78 is 17.8. The minimum atomic E-state index is -0.148. The highest BCUT2D eigenvalue weighted by Crippen LogP contribution is 2.54. The molecule has 0 aromatic heterocycles. The van der Waals surface area contributed by atoms with Crippen LogP contribution in [0.4, 0.5) is 0 Å². The van der Waals surface area contributed by atoms with Crippen molar-refractivity contribution in [3.8, 4) is 0 Å². The fourth-order valence-electron chi connectivity index (χ4n) is 6.22. The average molecular weight is 402 g/mol. The van der Waals surface area contributed by atoms with Gasteiger partial charge in [-0.15, -0.1) is 0 Å². The van der Waals surface area contributed by atoms with E-state index in [0.29, 0.717) is 30.5 Å². The molecule has 2 heterocycles. The van der Waals surface area contributed by atoms with E-state index in [2.05, 4.69) is 32.1 Å². The third kappa shape index (κ3) is 4.22. The van der Waals surface area contributed by atoms with Crippen LogP contribution in [0.3, 0.4) is 0 Å². The van der Waals surface area contributed by atoms with Crippen molar-refractivity contribution in [3.63, 3.8) is 0 Å². The summed E-state index contributed by atoms with van der Waals surface area (Å²) in [7, 11) is 3.58. The molecule has 4 aliphatic rings. The van der Waals surface area contributed by atoms with Crippen LogP contribution in [0.2, 0.25) is 0 Å². The van der Waals surface area contributed by atoms with Gasteiger partial charge in [-0.2, -0.15) is 0 Å². The fraction of sp³-hybridized carbons (Fsp3) is 0.760. The van der Waals surface area contributed by atoms with Crippen molar-refractivity contribution in [1.29, 1.82) is 0 Å². The Morgan fingerprint density at radius 2 is 1.72 bits per heavy atom. The molecule has 162 valence electrons. The van der Waals surface area contributed by atoms with Crippen molar-refractivity contribution in [2.24, 2.45) is 23.0 Å². The second-order valence-corrected chi connectivity index (χ2v) is 10.8. The maximum atomic E-state index is 6.64. The molecule has 0 amide bonds. The Kier molecular flexibility index (Phi) is 5.73. The largest absolute Gasteiger partial charge is 0.399 e. The van der Waals surface area contributed by atoms with Gasteiger partial charge >= 0.3 is 0 Å². The third-order valence-corrected chi connectivity index (χ3v) is 7.83. The molecule has 4 heteroatoms. The molecular formula is C25H39NO3. The monoisotopic (exact) mass is 401 g/mol. The summed E-state index contributed by atoms with van der Waals surface area (Å²) in [5.74, 6) is 1.10. The van der Waals surface area contributed by atoms with Gasteiger partial charge < -0.3 is 19.9 Å². The van der Waals surface area contributed by atoms with Crippen LogP contribution in [0.5, 0.6) is 0 Å². The van der Waals surface area contributed by atoms with E-state index in [9.17, 15) is 0 Å². The number of allylic oxidation sites excluding steroid dienone is 5. The summed E-state index contributed by atoms with van der Waals surface area (Å²) in [6.45, 7) is 6.08. The molecule has 2 N–H and O–H groups in total. The van der Waals surface area contributed by atoms with Crippen LogP contribution in [0.1, 0.15) is 65.2 Å². The Labute approximate surface area is 176 Å². The number of nitrogens with two attached hydrogens (primary N) is 1. The molecule has 0 radical (unpaired) electrons. The second kappa shape index (κ2) is 7.86. The van der Waals surface area contributed by atoms with Gasteiger partial charge in [-0.3, -0.25) is 0 Å². The number of hydrogen-bond acceptors (Lipinski definition) is 4. The Morgan fingerprint density at radius 1 is 1.07 bits per heavy atom. The predicted molar refractivity (Wildman–Crippen MR) is 116 cm³/mol. The van der Waals surface area contributed by atoms with Crippen molar-refractivity contribution in [3.05, 3.63) is 35.1 Å². The minimum Gasteiger partial charge on any atom is -0.399 e. The van der Waals surface area contributed by atoms with Crippen molar-refractivity contribution >= 4 is 0 Å². The second-order valence-electron chi connectivity index (χ2n) is 10.8. The lowest BCUT2D eigenvalue weighted by atomic mass is 9.70. The molecule has 2 bridgehead atoms. The van der Waals surface area contributed by atoms with Crippen LogP contribution >= 0.6 is 0 Å². The lowest BCUT2D eigenvalue weighted by Crippen LogP contribution is -2.50. The third-order valence-electron chi connectivity index (χ3n) is 7.83. The zero-order valence-electron chi connectivity index (χ0n) is 18.8. The molecule has 0 saturated carbocycles. The van der Waals surface area contributed by atoms with Gasteiger partial charge in [-0.1, -0.05) is 26.0 Å². The standard InChI is InChI=1S/C25H39NO3/c1-23(2)9-7-18(8-10-23)21-13-19(5-6-22(21)26)20-14-24(16-27-3)11-12-25(15-20,29-24)17-28-4/h5-7,19-20H,8-17,26H2,1-4H3/t19?,20?,24-,25+. The molecule has 0 aromatic rings. The van der Waals surface area contributed by atoms with E-state index in [-0.39, 0.29) is 11.2 Å². The van der Waals surface area contributed by atoms with Crippen LogP contribution in [-0.4, -0.2) is 38.6 Å². The maximum absolute atomic E-state index is 6.64. The molecule has 29 heavy (non-hydrogen) atoms. The molecule has 4 nitrogen and oxygen atoms in total. The van der Waals surface area contributed by atoms with Crippen molar-refractivity contribution in [2.45, 2.75) is 76.4 Å². The molecule has 2 aliphatic carbocycles. The van der Waals surface area contributed by atoms with Crippen LogP contribution in [0.25, 0.3) is 0 Å². The van der Waals surface area contributed by atoms with Gasteiger partial charge in [-0.05, 0) is 85.8 Å². The highest BCUT2D eigenvalue weighted by atomic mass is 16.6. The summed E-state index contributed by atoms with van der Waals surface area (Å²) in [5.41, 5.74) is 10.5. The van der Waals surface area contributed by atoms with E-state index in [4.69, 9.17) is 19.9 Å². The first kappa shape index (κ1) is 21.1. The minimum absolute atomic E-state index is 0.148. The van der Waals surface area contributed by atoms with E-state index >= 15 is 0 Å². The summed E-state index contributed by atoms with van der Waals surface area (Å²) in [4.78, 5) is 0. The van der Waals surface area contributed by atoms with E-state index in [1.807, 2.05) is 0 Å². The number of fused-ring (bicyclic) bond motifs is 2. The smallest absolute Gasteiger partial charge is 0.0927 e. The van der Waals surface area contributed by atoms with Crippen molar-refractivity contribution < 1.29 is 14.2 Å². The Balaban J connectivity index is 1.53. The summed E-state index contributed by atoms with van der Waals surface area (Å²) in [5, 5.41) is 0. The molecule has 4 atom stereocenters. The number of hydrogen-bond donors (Lipinski definition) is 1. The molecular weight excluding hydrogens is 362 g/mol. The van der Waals surface area contributed by atoms with E-state index < -0.39 is 0 Å². The zero-order chi connectivity index (χ0) is 20.7. The Bertz CT molecular complexity index is 700. The lowest BCUT2D eigenvalue weighted by Gasteiger charge is -2.46. The van der Waals surface area contributed by atoms with Gasteiger partial charge in [0, 0.05) is 19.9 Å². The van der Waals surface area contributed by atoms with Crippen LogP contribution < -0.4 is 5.73 Å². The molecule has 2 fully saturated rings. The van der Waals surface area contributed by atoms with Crippen LogP contribution in [0.15, 0.2) is 35.1 Å². The van der Waals surface area contributed by atoms with Gasteiger partial charge in [-0.25, -0.2) is 0 Å². The van der Waals surface area contributed by atoms with Gasteiger partial charge in [0.25, 0.3) is 0 Å². The van der Waals surface area contributed by atoms with Gasteiger partial charge in [0.2, 0.25) is 0 Å². The summed E-state index contributed by atoms with van der Waals surface area (Å²) >= 11 is 0. The first-order chi connectivity index (χ1) is 13.8. The molecule has 2 saturated heterocycles.